The van der Waals surface area contributed by atoms with E-state index in [2.05, 4.69) is 10.1 Å². The van der Waals surface area contributed by atoms with Gasteiger partial charge in [-0.25, -0.2) is 9.78 Å². The maximum absolute atomic E-state index is 11.7. The van der Waals surface area contributed by atoms with E-state index in [-0.39, 0.29) is 12.3 Å². The lowest BCUT2D eigenvalue weighted by Gasteiger charge is -2.03. The summed E-state index contributed by atoms with van der Waals surface area (Å²) in [7, 11) is 0. The summed E-state index contributed by atoms with van der Waals surface area (Å²) < 4.78 is 4.91. The normalized spacial score (nSPS) is 15.5. The second-order valence-corrected chi connectivity index (χ2v) is 4.86. The molecule has 1 aliphatic rings. The molecule has 2 N–H and O–H groups in total. The number of nitrogens with zero attached hydrogens (tertiary/aromatic N) is 2. The van der Waals surface area contributed by atoms with Gasteiger partial charge in [-0.15, -0.1) is 11.3 Å². The van der Waals surface area contributed by atoms with E-state index in [4.69, 9.17) is 15.3 Å². The van der Waals surface area contributed by atoms with Gasteiger partial charge in [-0.05, 0) is 25.7 Å². The highest BCUT2D eigenvalue weighted by Gasteiger charge is 2.23. The molecular weight excluding hydrogens is 254 g/mol. The van der Waals surface area contributed by atoms with E-state index in [1.165, 1.54) is 11.3 Å². The summed E-state index contributed by atoms with van der Waals surface area (Å²) >= 11 is 1.24. The fourth-order valence-corrected chi connectivity index (χ4v) is 1.82. The first-order valence-corrected chi connectivity index (χ1v) is 6.67. The number of oxime groups is 1. The molecule has 1 aromatic rings. The van der Waals surface area contributed by atoms with Gasteiger partial charge in [-0.1, -0.05) is 5.16 Å². The molecule has 1 fully saturated rings. The molecule has 98 valence electrons. The number of carbonyl (C=O) groups excluding carboxylic acids is 1. The molecule has 0 amide bonds. The number of anilines is 1. The van der Waals surface area contributed by atoms with Crippen LogP contribution in [0, 0.1) is 5.92 Å². The van der Waals surface area contributed by atoms with Crippen molar-refractivity contribution >= 4 is 28.1 Å². The molecule has 0 bridgehead atoms. The molecule has 0 unspecified atom stereocenters. The Morgan fingerprint density at radius 2 is 2.44 bits per heavy atom. The van der Waals surface area contributed by atoms with Crippen LogP contribution >= 0.6 is 11.3 Å². The summed E-state index contributed by atoms with van der Waals surface area (Å²) in [5.74, 6) is 0.0243. The number of nitrogens with two attached hydrogens (primary N) is 1. The van der Waals surface area contributed by atoms with E-state index < -0.39 is 5.97 Å². The minimum Gasteiger partial charge on any atom is -0.461 e. The van der Waals surface area contributed by atoms with Gasteiger partial charge in [-0.3, -0.25) is 0 Å². The van der Waals surface area contributed by atoms with Crippen LogP contribution in [0.3, 0.4) is 0 Å². The number of nitrogen functional groups attached to an aromatic ring is 1. The zero-order valence-electron chi connectivity index (χ0n) is 10.1. The third kappa shape index (κ3) is 3.43. The van der Waals surface area contributed by atoms with Crippen molar-refractivity contribution in [2.75, 3.05) is 18.9 Å². The van der Waals surface area contributed by atoms with Gasteiger partial charge in [0.2, 0.25) is 5.71 Å². The van der Waals surface area contributed by atoms with Crippen LogP contribution in [0.5, 0.6) is 0 Å². The van der Waals surface area contributed by atoms with E-state index in [1.54, 1.807) is 12.3 Å². The van der Waals surface area contributed by atoms with Crippen LogP contribution < -0.4 is 5.73 Å². The highest BCUT2D eigenvalue weighted by molar-refractivity contribution is 7.13. The summed E-state index contributed by atoms with van der Waals surface area (Å²) in [6.07, 6.45) is 2.32. The summed E-state index contributed by atoms with van der Waals surface area (Å²) in [6, 6.07) is 0. The first-order chi connectivity index (χ1) is 8.70. The van der Waals surface area contributed by atoms with Crippen LogP contribution in [-0.2, 0) is 14.4 Å². The SMILES string of the molecule is CCOC(=O)/C(=N\OCC1CC1)c1csc(N)n1. The Bertz CT molecular complexity index is 454. The van der Waals surface area contributed by atoms with Gasteiger partial charge in [-0.2, -0.15) is 0 Å². The van der Waals surface area contributed by atoms with E-state index >= 15 is 0 Å². The minimum atomic E-state index is -0.543. The number of ether oxygens (including phenoxy) is 1. The monoisotopic (exact) mass is 269 g/mol. The largest absolute Gasteiger partial charge is 0.461 e. The Morgan fingerprint density at radius 1 is 1.67 bits per heavy atom. The molecule has 0 aromatic carbocycles. The molecule has 0 radical (unpaired) electrons. The third-order valence-corrected chi connectivity index (χ3v) is 3.07. The first-order valence-electron chi connectivity index (χ1n) is 5.79. The van der Waals surface area contributed by atoms with Gasteiger partial charge in [0.1, 0.15) is 12.3 Å². The maximum Gasteiger partial charge on any atom is 0.362 e. The molecular formula is C11H15N3O3S. The van der Waals surface area contributed by atoms with Gasteiger partial charge in [0.05, 0.1) is 6.61 Å². The summed E-state index contributed by atoms with van der Waals surface area (Å²) in [5, 5.41) is 5.87. The lowest BCUT2D eigenvalue weighted by atomic mass is 10.3. The van der Waals surface area contributed by atoms with Gasteiger partial charge >= 0.3 is 5.97 Å². The molecule has 18 heavy (non-hydrogen) atoms. The second-order valence-electron chi connectivity index (χ2n) is 3.97. The predicted molar refractivity (Wildman–Crippen MR) is 68.4 cm³/mol. The second kappa shape index (κ2) is 5.81. The molecule has 2 rings (SSSR count). The van der Waals surface area contributed by atoms with Crippen molar-refractivity contribution in [1.82, 2.24) is 4.98 Å². The Balaban J connectivity index is 2.07. The zero-order chi connectivity index (χ0) is 13.0. The average Bonchev–Trinajstić information content (AvgIpc) is 3.06. The molecule has 1 aliphatic carbocycles. The molecule has 1 aromatic heterocycles. The molecule has 7 heteroatoms. The fraction of sp³-hybridized carbons (Fsp3) is 0.545. The first kappa shape index (κ1) is 12.8. The molecule has 0 aliphatic heterocycles. The van der Waals surface area contributed by atoms with Crippen LogP contribution in [0.4, 0.5) is 5.13 Å². The zero-order valence-corrected chi connectivity index (χ0v) is 10.9. The predicted octanol–water partition coefficient (Wildman–Crippen LogP) is 1.42. The fourth-order valence-electron chi connectivity index (χ4n) is 1.28. The molecule has 1 saturated carbocycles. The topological polar surface area (TPSA) is 86.8 Å². The number of thiazole rings is 1. The van der Waals surface area contributed by atoms with Gasteiger partial charge in [0.15, 0.2) is 5.13 Å². The van der Waals surface area contributed by atoms with E-state index in [0.29, 0.717) is 23.4 Å². The van der Waals surface area contributed by atoms with Crippen molar-refractivity contribution in [3.63, 3.8) is 0 Å². The van der Waals surface area contributed by atoms with Crippen molar-refractivity contribution in [3.8, 4) is 0 Å². The maximum atomic E-state index is 11.7. The number of aromatic nitrogens is 1. The Hall–Kier alpha value is -1.63. The summed E-state index contributed by atoms with van der Waals surface area (Å²) in [6.45, 7) is 2.54. The van der Waals surface area contributed by atoms with Crippen molar-refractivity contribution < 1.29 is 14.4 Å². The molecule has 0 spiro atoms. The minimum absolute atomic E-state index is 0.0745. The van der Waals surface area contributed by atoms with Crippen LogP contribution in [-0.4, -0.2) is 29.9 Å². The van der Waals surface area contributed by atoms with Crippen LogP contribution in [0.1, 0.15) is 25.5 Å². The lowest BCUT2D eigenvalue weighted by Crippen LogP contribution is -2.20. The van der Waals surface area contributed by atoms with E-state index in [9.17, 15) is 4.79 Å². The number of esters is 1. The van der Waals surface area contributed by atoms with Crippen molar-refractivity contribution in [2.24, 2.45) is 11.1 Å². The molecule has 0 saturated heterocycles. The van der Waals surface area contributed by atoms with Crippen molar-refractivity contribution in [2.45, 2.75) is 19.8 Å². The number of hydrogen-bond acceptors (Lipinski definition) is 7. The van der Waals surface area contributed by atoms with Crippen LogP contribution in [0.25, 0.3) is 0 Å². The summed E-state index contributed by atoms with van der Waals surface area (Å²) in [4.78, 5) is 20.9. The summed E-state index contributed by atoms with van der Waals surface area (Å²) in [5.41, 5.74) is 6.01. The van der Waals surface area contributed by atoms with Gasteiger partial charge in [0.25, 0.3) is 0 Å². The van der Waals surface area contributed by atoms with Crippen LogP contribution in [0.2, 0.25) is 0 Å². The van der Waals surface area contributed by atoms with Gasteiger partial charge < -0.3 is 15.3 Å². The van der Waals surface area contributed by atoms with E-state index in [1.807, 2.05) is 0 Å². The standard InChI is InChI=1S/C11H15N3O3S/c1-2-16-10(15)9(8-6-18-11(12)13-8)14-17-5-7-3-4-7/h6-7H,2-5H2,1H3,(H2,12,13)/b14-9-. The van der Waals surface area contributed by atoms with Gasteiger partial charge in [0, 0.05) is 5.38 Å². The highest BCUT2D eigenvalue weighted by Crippen LogP contribution is 2.28. The van der Waals surface area contributed by atoms with Crippen molar-refractivity contribution in [3.05, 3.63) is 11.1 Å². The quantitative estimate of drug-likeness (QED) is 0.479. The van der Waals surface area contributed by atoms with Crippen LogP contribution in [0.15, 0.2) is 10.5 Å². The number of hydrogen-bond donors (Lipinski definition) is 1. The number of rotatable bonds is 6. The Morgan fingerprint density at radius 3 is 3.00 bits per heavy atom. The van der Waals surface area contributed by atoms with Crippen molar-refractivity contribution in [1.29, 1.82) is 0 Å². The Labute approximate surface area is 109 Å². The highest BCUT2D eigenvalue weighted by atomic mass is 32.1. The lowest BCUT2D eigenvalue weighted by molar-refractivity contribution is -0.135. The molecule has 0 atom stereocenters. The Kier molecular flexibility index (Phi) is 4.14. The average molecular weight is 269 g/mol. The smallest absolute Gasteiger partial charge is 0.362 e. The number of carbonyl (C=O) groups is 1. The third-order valence-electron chi connectivity index (χ3n) is 2.40. The van der Waals surface area contributed by atoms with E-state index in [0.717, 1.165) is 12.8 Å². The molecule has 6 nitrogen and oxygen atoms in total. The molecule has 1 heterocycles.